The summed E-state index contributed by atoms with van der Waals surface area (Å²) in [6.45, 7) is 1.73. The second kappa shape index (κ2) is 6.48. The van der Waals surface area contributed by atoms with E-state index < -0.39 is 10.4 Å². The monoisotopic (exact) mass is 383 g/mol. The van der Waals surface area contributed by atoms with Crippen molar-refractivity contribution in [1.82, 2.24) is 0 Å². The summed E-state index contributed by atoms with van der Waals surface area (Å²) < 4.78 is 28.0. The number of halogens is 2. The molecule has 0 saturated heterocycles. The van der Waals surface area contributed by atoms with Crippen LogP contribution in [0.4, 0.5) is 5.69 Å². The minimum atomic E-state index is -3.89. The van der Waals surface area contributed by atoms with Gasteiger partial charge < -0.3 is 4.55 Å². The van der Waals surface area contributed by atoms with Crippen molar-refractivity contribution in [3.63, 3.8) is 0 Å². The SMILES string of the molecule is Cc1c(Cl)cccc1N[S+](=O)([O-])c1cc2c(cc1Cl)CCC(=O)C2. The third kappa shape index (κ3) is 3.35. The molecule has 1 aliphatic carbocycles. The zero-order chi connectivity index (χ0) is 17.5. The number of rotatable bonds is 3. The number of aryl methyl sites for hydroxylation is 1. The molecule has 7 heteroatoms. The van der Waals surface area contributed by atoms with E-state index in [1.165, 1.54) is 6.07 Å². The van der Waals surface area contributed by atoms with Crippen LogP contribution in [-0.4, -0.2) is 10.3 Å². The number of carbonyl (C=O) groups excluding carboxylic acids is 1. The third-order valence-electron chi connectivity index (χ3n) is 4.12. The van der Waals surface area contributed by atoms with E-state index in [-0.39, 0.29) is 22.1 Å². The van der Waals surface area contributed by atoms with Crippen LogP contribution in [0.15, 0.2) is 35.2 Å². The molecule has 1 N–H and O–H groups in total. The van der Waals surface area contributed by atoms with Gasteiger partial charge in [0.05, 0.1) is 10.7 Å². The lowest BCUT2D eigenvalue weighted by atomic mass is 9.91. The molecule has 24 heavy (non-hydrogen) atoms. The Morgan fingerprint density at radius 2 is 1.88 bits per heavy atom. The van der Waals surface area contributed by atoms with Crippen molar-refractivity contribution in [2.24, 2.45) is 0 Å². The Morgan fingerprint density at radius 3 is 2.62 bits per heavy atom. The maximum atomic E-state index is 12.7. The number of benzene rings is 2. The summed E-state index contributed by atoms with van der Waals surface area (Å²) in [4.78, 5) is 11.6. The Balaban J connectivity index is 2.00. The smallest absolute Gasteiger partial charge is 0.199 e. The van der Waals surface area contributed by atoms with Crippen molar-refractivity contribution in [3.05, 3.63) is 57.1 Å². The number of hydrogen-bond donors (Lipinski definition) is 1. The molecular weight excluding hydrogens is 369 g/mol. The Hall–Kier alpha value is -1.40. The summed E-state index contributed by atoms with van der Waals surface area (Å²) in [5, 5.41) is 0.618. The number of Topliss-reactive ketones (excluding diaryl/α,β-unsaturated/α-hetero) is 1. The molecule has 4 nitrogen and oxygen atoms in total. The molecule has 3 rings (SSSR count). The molecule has 1 atom stereocenters. The Labute approximate surface area is 151 Å². The van der Waals surface area contributed by atoms with Gasteiger partial charge in [-0.15, -0.1) is 0 Å². The fourth-order valence-electron chi connectivity index (χ4n) is 2.73. The van der Waals surface area contributed by atoms with Crippen molar-refractivity contribution in [2.75, 3.05) is 4.72 Å². The molecule has 0 saturated carbocycles. The number of ketones is 1. The second-order valence-electron chi connectivity index (χ2n) is 5.78. The fourth-order valence-corrected chi connectivity index (χ4v) is 4.63. The van der Waals surface area contributed by atoms with Crippen LogP contribution in [-0.2, 0) is 32.2 Å². The first kappa shape index (κ1) is 17.4. The molecule has 0 spiro atoms. The maximum absolute atomic E-state index is 12.7. The van der Waals surface area contributed by atoms with Crippen LogP contribution < -0.4 is 4.72 Å². The lowest BCUT2D eigenvalue weighted by Crippen LogP contribution is -2.23. The van der Waals surface area contributed by atoms with Gasteiger partial charge in [-0.3, -0.25) is 4.79 Å². The van der Waals surface area contributed by atoms with Gasteiger partial charge in [-0.05, 0) is 48.2 Å². The summed E-state index contributed by atoms with van der Waals surface area (Å²) in [5.74, 6) is 0.104. The van der Waals surface area contributed by atoms with Crippen molar-refractivity contribution >= 4 is 45.1 Å². The number of sulfonamides is 1. The Kier molecular flexibility index (Phi) is 4.71. The largest absolute Gasteiger partial charge is 0.588 e. The van der Waals surface area contributed by atoms with Crippen LogP contribution in [0.2, 0.25) is 10.0 Å². The molecule has 0 amide bonds. The van der Waals surface area contributed by atoms with Gasteiger partial charge in [-0.25, -0.2) is 4.72 Å². The summed E-state index contributed by atoms with van der Waals surface area (Å²) in [6.07, 6.45) is 1.30. The molecule has 2 aromatic carbocycles. The number of fused-ring (bicyclic) bond motifs is 1. The van der Waals surface area contributed by atoms with E-state index in [1.54, 1.807) is 31.2 Å². The molecule has 0 fully saturated rings. The van der Waals surface area contributed by atoms with Gasteiger partial charge >= 0.3 is 0 Å². The van der Waals surface area contributed by atoms with Gasteiger partial charge in [0.2, 0.25) is 0 Å². The average molecular weight is 384 g/mol. The normalized spacial score (nSPS) is 16.4. The quantitative estimate of drug-likeness (QED) is 0.799. The van der Waals surface area contributed by atoms with Gasteiger partial charge in [0.15, 0.2) is 15.3 Å². The van der Waals surface area contributed by atoms with Gasteiger partial charge in [0, 0.05) is 23.9 Å². The van der Waals surface area contributed by atoms with Crippen molar-refractivity contribution in [1.29, 1.82) is 0 Å². The molecule has 1 aliphatic rings. The molecule has 2 aromatic rings. The standard InChI is InChI=1S/C17H15Cl2NO3S/c1-10-14(18)3-2-4-16(10)20-24(22,23)17-9-12-7-13(21)6-5-11(12)8-15(17)19/h2-4,8-9H,5-7H2,1H3,(H-,20,22,23). The zero-order valence-corrected chi connectivity index (χ0v) is 15.2. The summed E-state index contributed by atoms with van der Waals surface area (Å²) in [5.41, 5.74) is 2.68. The third-order valence-corrected chi connectivity index (χ3v) is 6.36. The molecular formula is C17H15Cl2NO3S. The fraction of sp³-hybridized carbons (Fsp3) is 0.235. The van der Waals surface area contributed by atoms with Crippen LogP contribution in [0, 0.1) is 6.92 Å². The Morgan fingerprint density at radius 1 is 1.12 bits per heavy atom. The van der Waals surface area contributed by atoms with Gasteiger partial charge in [-0.2, -0.15) is 0 Å². The molecule has 0 radical (unpaired) electrons. The lowest BCUT2D eigenvalue weighted by molar-refractivity contribution is -0.118. The van der Waals surface area contributed by atoms with Gasteiger partial charge in [0.1, 0.15) is 5.78 Å². The average Bonchev–Trinajstić information content (AvgIpc) is 2.51. The van der Waals surface area contributed by atoms with Crippen molar-refractivity contribution in [2.45, 2.75) is 31.1 Å². The minimum Gasteiger partial charge on any atom is -0.588 e. The highest BCUT2D eigenvalue weighted by Crippen LogP contribution is 2.34. The van der Waals surface area contributed by atoms with Crippen LogP contribution in [0.5, 0.6) is 0 Å². The van der Waals surface area contributed by atoms with E-state index in [2.05, 4.69) is 4.72 Å². The summed E-state index contributed by atoms with van der Waals surface area (Å²) >= 11 is 12.2. The predicted molar refractivity (Wildman–Crippen MR) is 95.4 cm³/mol. The van der Waals surface area contributed by atoms with Crippen LogP contribution in [0.3, 0.4) is 0 Å². The first-order valence-electron chi connectivity index (χ1n) is 7.39. The van der Waals surface area contributed by atoms with E-state index in [4.69, 9.17) is 23.2 Å². The molecule has 126 valence electrons. The molecule has 0 aromatic heterocycles. The maximum Gasteiger partial charge on any atom is 0.199 e. The van der Waals surface area contributed by atoms with E-state index in [0.29, 0.717) is 29.1 Å². The van der Waals surface area contributed by atoms with Crippen LogP contribution >= 0.6 is 23.2 Å². The minimum absolute atomic E-state index is 0.0306. The lowest BCUT2D eigenvalue weighted by Gasteiger charge is -2.21. The van der Waals surface area contributed by atoms with Crippen LogP contribution in [0.25, 0.3) is 0 Å². The number of carbonyl (C=O) groups is 1. The highest BCUT2D eigenvalue weighted by atomic mass is 35.5. The van der Waals surface area contributed by atoms with Crippen LogP contribution in [0.1, 0.15) is 23.1 Å². The van der Waals surface area contributed by atoms with Crippen molar-refractivity contribution in [3.8, 4) is 0 Å². The van der Waals surface area contributed by atoms with E-state index in [1.807, 2.05) is 0 Å². The summed E-state index contributed by atoms with van der Waals surface area (Å²) in [7, 11) is -3.89. The van der Waals surface area contributed by atoms with Gasteiger partial charge in [0.25, 0.3) is 0 Å². The molecule has 0 heterocycles. The topological polar surface area (TPSA) is 69.2 Å². The van der Waals surface area contributed by atoms with Gasteiger partial charge in [-0.1, -0.05) is 33.5 Å². The number of hydrogen-bond acceptors (Lipinski definition) is 3. The summed E-state index contributed by atoms with van der Waals surface area (Å²) in [6, 6.07) is 8.13. The Bertz CT molecular complexity index is 882. The first-order valence-corrected chi connectivity index (χ1v) is 9.63. The van der Waals surface area contributed by atoms with E-state index in [0.717, 1.165) is 11.1 Å². The number of nitrogens with one attached hydrogen (secondary N) is 1. The highest BCUT2D eigenvalue weighted by Gasteiger charge is 2.28. The van der Waals surface area contributed by atoms with E-state index >= 15 is 0 Å². The van der Waals surface area contributed by atoms with E-state index in [9.17, 15) is 13.6 Å². The highest BCUT2D eigenvalue weighted by molar-refractivity contribution is 7.99. The second-order valence-corrected chi connectivity index (χ2v) is 8.25. The predicted octanol–water partition coefficient (Wildman–Crippen LogP) is 4.38. The number of anilines is 1. The molecule has 0 aliphatic heterocycles. The van der Waals surface area contributed by atoms with Crippen molar-refractivity contribution < 1.29 is 13.6 Å². The molecule has 1 unspecified atom stereocenters. The first-order chi connectivity index (χ1) is 11.3. The zero-order valence-electron chi connectivity index (χ0n) is 12.9. The molecule has 0 bridgehead atoms.